The maximum atomic E-state index is 13.3. The molecule has 0 saturated heterocycles. The van der Waals surface area contributed by atoms with Gasteiger partial charge in [0.15, 0.2) is 27.6 Å². The Balaban J connectivity index is 1.55. The molecule has 0 fully saturated rings. The number of hydrogen-bond acceptors (Lipinski definition) is 10. The summed E-state index contributed by atoms with van der Waals surface area (Å²) >= 11 is 6.03. The predicted molar refractivity (Wildman–Crippen MR) is 162 cm³/mol. The first kappa shape index (κ1) is 30.3. The number of thiazole rings is 1. The zero-order valence-corrected chi connectivity index (χ0v) is 25.9. The van der Waals surface area contributed by atoms with Crippen molar-refractivity contribution in [2.24, 2.45) is 0 Å². The number of anilines is 1. The molecule has 2 aromatic carbocycles. The zero-order chi connectivity index (χ0) is 29.2. The summed E-state index contributed by atoms with van der Waals surface area (Å²) in [5, 5.41) is 17.1. The van der Waals surface area contributed by atoms with E-state index in [-0.39, 0.29) is 24.1 Å². The van der Waals surface area contributed by atoms with Crippen LogP contribution in [0.25, 0.3) is 5.69 Å². The van der Waals surface area contributed by atoms with Gasteiger partial charge in [0.05, 0.1) is 32.1 Å². The normalized spacial score (nSPS) is 10.7. The van der Waals surface area contributed by atoms with Gasteiger partial charge in [0.2, 0.25) is 11.7 Å². The topological polar surface area (TPSA) is 129 Å². The molecule has 0 unspecified atom stereocenters. The quantitative estimate of drug-likeness (QED) is 0.172. The van der Waals surface area contributed by atoms with E-state index in [0.717, 1.165) is 10.2 Å². The van der Waals surface area contributed by atoms with Gasteiger partial charge in [-0.05, 0) is 57.2 Å². The lowest BCUT2D eigenvalue weighted by Crippen LogP contribution is -2.25. The van der Waals surface area contributed by atoms with Crippen LogP contribution in [0.2, 0.25) is 0 Å². The number of benzene rings is 2. The lowest BCUT2D eigenvalue weighted by atomic mass is 10.1. The molecule has 0 aliphatic carbocycles. The highest BCUT2D eigenvalue weighted by Crippen LogP contribution is 2.39. The Hall–Kier alpha value is -3.62. The fourth-order valence-corrected chi connectivity index (χ4v) is 5.29. The van der Waals surface area contributed by atoms with Gasteiger partial charge in [-0.25, -0.2) is 4.98 Å². The number of rotatable bonds is 14. The largest absolute Gasteiger partial charge is 0.490 e. The molecule has 14 heteroatoms. The summed E-state index contributed by atoms with van der Waals surface area (Å²) in [6.07, 6.45) is 1.63. The Kier molecular flexibility index (Phi) is 11.0. The molecule has 2 N–H and O–H groups in total. The van der Waals surface area contributed by atoms with Crippen LogP contribution in [-0.4, -0.2) is 57.1 Å². The standard InChI is InChI=1S/C27H29BrN6O5S2/c1-4-37-20-13-17(14-21(38-5-2)24(20)39-6-3)25(36)30-15-22-32-33-27(34(22)19-9-7-18(28)8-10-19)41-16-23(35)31-26-29-11-12-40-26/h7-14H,4-6,15-16H2,1-3H3,(H,30,36)(H,29,31,35). The summed E-state index contributed by atoms with van der Waals surface area (Å²) in [7, 11) is 0. The van der Waals surface area contributed by atoms with Gasteiger partial charge in [0, 0.05) is 27.3 Å². The van der Waals surface area contributed by atoms with Crippen molar-refractivity contribution in [3.63, 3.8) is 0 Å². The first-order valence-electron chi connectivity index (χ1n) is 12.8. The van der Waals surface area contributed by atoms with Crippen molar-refractivity contribution < 1.29 is 23.8 Å². The van der Waals surface area contributed by atoms with Crippen LogP contribution in [0, 0.1) is 0 Å². The van der Waals surface area contributed by atoms with Crippen molar-refractivity contribution in [2.75, 3.05) is 30.9 Å². The van der Waals surface area contributed by atoms with Crippen LogP contribution in [0.3, 0.4) is 0 Å². The van der Waals surface area contributed by atoms with E-state index in [1.165, 1.54) is 23.1 Å². The van der Waals surface area contributed by atoms with Gasteiger partial charge in [-0.15, -0.1) is 21.5 Å². The molecule has 2 amide bonds. The molecule has 0 aliphatic heterocycles. The summed E-state index contributed by atoms with van der Waals surface area (Å²) in [5.41, 5.74) is 1.13. The van der Waals surface area contributed by atoms with E-state index in [2.05, 4.69) is 41.7 Å². The van der Waals surface area contributed by atoms with E-state index in [1.54, 1.807) is 23.7 Å². The second-order valence-corrected chi connectivity index (χ2v) is 10.9. The van der Waals surface area contributed by atoms with Crippen LogP contribution in [0.15, 0.2) is 57.6 Å². The number of hydrogen-bond donors (Lipinski definition) is 2. The Bertz CT molecular complexity index is 1440. The van der Waals surface area contributed by atoms with Crippen LogP contribution >= 0.6 is 39.0 Å². The molecule has 4 rings (SSSR count). The van der Waals surface area contributed by atoms with Crippen molar-refractivity contribution in [2.45, 2.75) is 32.5 Å². The first-order chi connectivity index (χ1) is 19.9. The molecule has 11 nitrogen and oxygen atoms in total. The van der Waals surface area contributed by atoms with Crippen LogP contribution < -0.4 is 24.8 Å². The minimum atomic E-state index is -0.350. The van der Waals surface area contributed by atoms with Gasteiger partial charge < -0.3 is 24.8 Å². The number of nitrogens with zero attached hydrogens (tertiary/aromatic N) is 4. The smallest absolute Gasteiger partial charge is 0.251 e. The lowest BCUT2D eigenvalue weighted by molar-refractivity contribution is -0.113. The number of aromatic nitrogens is 4. The van der Waals surface area contributed by atoms with Gasteiger partial charge in [-0.2, -0.15) is 0 Å². The highest BCUT2D eigenvalue weighted by molar-refractivity contribution is 9.10. The van der Waals surface area contributed by atoms with E-state index >= 15 is 0 Å². The molecule has 0 bridgehead atoms. The minimum absolute atomic E-state index is 0.0783. The minimum Gasteiger partial charge on any atom is -0.490 e. The lowest BCUT2D eigenvalue weighted by Gasteiger charge is -2.17. The van der Waals surface area contributed by atoms with Crippen molar-refractivity contribution in [3.05, 3.63) is 63.8 Å². The van der Waals surface area contributed by atoms with Gasteiger partial charge >= 0.3 is 0 Å². The Morgan fingerprint density at radius 3 is 2.29 bits per heavy atom. The second kappa shape index (κ2) is 14.8. The molecular formula is C27H29BrN6O5S2. The summed E-state index contributed by atoms with van der Waals surface area (Å²) in [6, 6.07) is 10.8. The average molecular weight is 662 g/mol. The number of halogens is 1. The van der Waals surface area contributed by atoms with Crippen LogP contribution in [0.4, 0.5) is 5.13 Å². The summed E-state index contributed by atoms with van der Waals surface area (Å²) < 4.78 is 20.0. The van der Waals surface area contributed by atoms with E-state index in [1.807, 2.05) is 49.6 Å². The number of carbonyl (C=O) groups is 2. The number of amides is 2. The molecule has 2 aromatic heterocycles. The maximum absolute atomic E-state index is 13.3. The van der Waals surface area contributed by atoms with E-state index in [0.29, 0.717) is 58.7 Å². The maximum Gasteiger partial charge on any atom is 0.251 e. The van der Waals surface area contributed by atoms with Gasteiger partial charge in [-0.1, -0.05) is 27.7 Å². The third-order valence-corrected chi connectivity index (χ3v) is 7.52. The average Bonchev–Trinajstić information content (AvgIpc) is 3.62. The highest BCUT2D eigenvalue weighted by atomic mass is 79.9. The van der Waals surface area contributed by atoms with E-state index in [9.17, 15) is 9.59 Å². The molecular weight excluding hydrogens is 632 g/mol. The third kappa shape index (κ3) is 7.99. The third-order valence-electron chi connectivity index (χ3n) is 5.37. The molecule has 41 heavy (non-hydrogen) atoms. The van der Waals surface area contributed by atoms with E-state index < -0.39 is 0 Å². The summed E-state index contributed by atoms with van der Waals surface area (Å²) in [4.78, 5) is 29.8. The van der Waals surface area contributed by atoms with Crippen molar-refractivity contribution in [1.29, 1.82) is 0 Å². The number of carbonyl (C=O) groups excluding carboxylic acids is 2. The molecule has 2 heterocycles. The number of ether oxygens (including phenoxy) is 3. The predicted octanol–water partition coefficient (Wildman–Crippen LogP) is 5.34. The van der Waals surface area contributed by atoms with Crippen molar-refractivity contribution in [1.82, 2.24) is 25.1 Å². The summed E-state index contributed by atoms with van der Waals surface area (Å²) in [6.45, 7) is 6.88. The molecule has 0 aliphatic rings. The Morgan fingerprint density at radius 1 is 1.00 bits per heavy atom. The van der Waals surface area contributed by atoms with Gasteiger partial charge in [-0.3, -0.25) is 14.2 Å². The first-order valence-corrected chi connectivity index (χ1v) is 15.5. The molecule has 216 valence electrons. The zero-order valence-electron chi connectivity index (χ0n) is 22.7. The second-order valence-electron chi connectivity index (χ2n) is 8.17. The van der Waals surface area contributed by atoms with Crippen LogP contribution in [-0.2, 0) is 11.3 Å². The van der Waals surface area contributed by atoms with E-state index in [4.69, 9.17) is 14.2 Å². The van der Waals surface area contributed by atoms with Crippen molar-refractivity contribution >= 4 is 56.0 Å². The molecule has 0 saturated carbocycles. The Morgan fingerprint density at radius 2 is 1.68 bits per heavy atom. The van der Waals surface area contributed by atoms with Gasteiger partial charge in [0.25, 0.3) is 5.91 Å². The summed E-state index contributed by atoms with van der Waals surface area (Å²) in [5.74, 6) is 1.35. The SMILES string of the molecule is CCOc1cc(C(=O)NCc2nnc(SCC(=O)Nc3nccs3)n2-c2ccc(Br)cc2)cc(OCC)c1OCC. The van der Waals surface area contributed by atoms with Crippen LogP contribution in [0.5, 0.6) is 17.2 Å². The van der Waals surface area contributed by atoms with Gasteiger partial charge in [0.1, 0.15) is 0 Å². The fraction of sp³-hybridized carbons (Fsp3) is 0.296. The molecule has 4 aromatic rings. The molecule has 0 radical (unpaired) electrons. The highest BCUT2D eigenvalue weighted by Gasteiger charge is 2.21. The van der Waals surface area contributed by atoms with Crippen LogP contribution in [0.1, 0.15) is 37.0 Å². The Labute approximate surface area is 254 Å². The fourth-order valence-electron chi connectivity index (χ4n) is 3.71. The van der Waals surface area contributed by atoms with Crippen molar-refractivity contribution in [3.8, 4) is 22.9 Å². The monoisotopic (exact) mass is 660 g/mol. The number of thioether (sulfide) groups is 1. The molecule has 0 atom stereocenters. The number of nitrogens with one attached hydrogen (secondary N) is 2. The molecule has 0 spiro atoms.